The second-order valence-corrected chi connectivity index (χ2v) is 5.18. The molecular formula is C13H19N3O. The summed E-state index contributed by atoms with van der Waals surface area (Å²) in [6, 6.07) is 4.21. The van der Waals surface area contributed by atoms with Crippen LogP contribution in [0.4, 0.5) is 5.69 Å². The predicted octanol–water partition coefficient (Wildman–Crippen LogP) is 2.04. The number of nitrogens with one attached hydrogen (secondary N) is 2. The second kappa shape index (κ2) is 4.35. The molecule has 2 rings (SSSR count). The summed E-state index contributed by atoms with van der Waals surface area (Å²) in [5, 5.41) is 6.17. The van der Waals surface area contributed by atoms with Gasteiger partial charge in [0.2, 0.25) is 0 Å². The largest absolute Gasteiger partial charge is 0.382 e. The van der Waals surface area contributed by atoms with E-state index in [2.05, 4.69) is 29.5 Å². The molecule has 0 aliphatic heterocycles. The van der Waals surface area contributed by atoms with Crippen molar-refractivity contribution in [1.82, 2.24) is 10.3 Å². The third-order valence-corrected chi connectivity index (χ3v) is 3.18. The summed E-state index contributed by atoms with van der Waals surface area (Å²) in [6.07, 6.45) is 2.84. The molecule has 1 fully saturated rings. The summed E-state index contributed by atoms with van der Waals surface area (Å²) >= 11 is 0. The third-order valence-electron chi connectivity index (χ3n) is 3.18. The minimum absolute atomic E-state index is 0.119. The van der Waals surface area contributed by atoms with Gasteiger partial charge in [-0.3, -0.25) is 9.78 Å². The van der Waals surface area contributed by atoms with E-state index in [0.717, 1.165) is 5.69 Å². The number of carbonyl (C=O) groups is 1. The van der Waals surface area contributed by atoms with Crippen molar-refractivity contribution in [3.8, 4) is 0 Å². The fraction of sp³-hybridized carbons (Fsp3) is 0.538. The molecule has 0 aromatic carbocycles. The lowest BCUT2D eigenvalue weighted by molar-refractivity contribution is 0.0951. The molecule has 1 heterocycles. The van der Waals surface area contributed by atoms with Crippen LogP contribution in [0.5, 0.6) is 0 Å². The fourth-order valence-electron chi connectivity index (χ4n) is 1.81. The van der Waals surface area contributed by atoms with E-state index in [-0.39, 0.29) is 5.91 Å². The normalized spacial score (nSPS) is 20.8. The molecule has 1 aromatic heterocycles. The van der Waals surface area contributed by atoms with Gasteiger partial charge in [-0.05, 0) is 30.9 Å². The van der Waals surface area contributed by atoms with Crippen LogP contribution >= 0.6 is 0 Å². The highest BCUT2D eigenvalue weighted by Gasteiger charge is 2.45. The molecule has 1 amide bonds. The molecule has 92 valence electrons. The van der Waals surface area contributed by atoms with Gasteiger partial charge >= 0.3 is 0 Å². The van der Waals surface area contributed by atoms with Crippen molar-refractivity contribution in [2.75, 3.05) is 11.9 Å². The molecule has 4 heteroatoms. The van der Waals surface area contributed by atoms with Crippen LogP contribution in [0.25, 0.3) is 0 Å². The number of rotatable bonds is 4. The van der Waals surface area contributed by atoms with Crippen LogP contribution in [-0.4, -0.2) is 23.5 Å². The lowest BCUT2D eigenvalue weighted by atomic mass is 10.2. The molecule has 4 nitrogen and oxygen atoms in total. The van der Waals surface area contributed by atoms with Gasteiger partial charge in [-0.15, -0.1) is 0 Å². The minimum Gasteiger partial charge on any atom is -0.382 e. The topological polar surface area (TPSA) is 54.0 Å². The highest BCUT2D eigenvalue weighted by molar-refractivity contribution is 5.93. The van der Waals surface area contributed by atoms with E-state index in [1.54, 1.807) is 12.3 Å². The molecule has 0 saturated heterocycles. The summed E-state index contributed by atoms with van der Waals surface area (Å²) in [7, 11) is 0. The first-order valence-electron chi connectivity index (χ1n) is 6.04. The number of pyridine rings is 1. The van der Waals surface area contributed by atoms with Crippen molar-refractivity contribution in [1.29, 1.82) is 0 Å². The van der Waals surface area contributed by atoms with Crippen molar-refractivity contribution in [3.05, 3.63) is 24.0 Å². The van der Waals surface area contributed by atoms with Gasteiger partial charge in [-0.25, -0.2) is 0 Å². The molecule has 2 N–H and O–H groups in total. The number of aromatic nitrogens is 1. The molecule has 17 heavy (non-hydrogen) atoms. The molecule has 1 aliphatic carbocycles. The smallest absolute Gasteiger partial charge is 0.269 e. The van der Waals surface area contributed by atoms with Crippen LogP contribution in [0, 0.1) is 5.41 Å². The van der Waals surface area contributed by atoms with Crippen molar-refractivity contribution >= 4 is 11.6 Å². The molecule has 1 aliphatic rings. The molecule has 1 unspecified atom stereocenters. The van der Waals surface area contributed by atoms with E-state index < -0.39 is 0 Å². The van der Waals surface area contributed by atoms with Crippen LogP contribution in [-0.2, 0) is 0 Å². The fourth-order valence-corrected chi connectivity index (χ4v) is 1.81. The van der Waals surface area contributed by atoms with Crippen molar-refractivity contribution in [2.45, 2.75) is 33.2 Å². The minimum atomic E-state index is -0.119. The van der Waals surface area contributed by atoms with Crippen LogP contribution in [0.3, 0.4) is 0 Å². The SMILES string of the molecule is CCNC(=O)c1cc(NC2CC2(C)C)ccn1. The zero-order valence-corrected chi connectivity index (χ0v) is 10.6. The van der Waals surface area contributed by atoms with Crippen LogP contribution in [0.2, 0.25) is 0 Å². The standard InChI is InChI=1S/C13H19N3O/c1-4-14-12(17)10-7-9(5-6-15-10)16-11-8-13(11,2)3/h5-7,11H,4,8H2,1-3H3,(H,14,17)(H,15,16). The highest BCUT2D eigenvalue weighted by atomic mass is 16.1. The lowest BCUT2D eigenvalue weighted by Gasteiger charge is -2.09. The van der Waals surface area contributed by atoms with Crippen molar-refractivity contribution in [2.24, 2.45) is 5.41 Å². The molecule has 1 atom stereocenters. The Morgan fingerprint density at radius 2 is 2.29 bits per heavy atom. The number of hydrogen-bond acceptors (Lipinski definition) is 3. The first-order chi connectivity index (χ1) is 8.03. The first-order valence-corrected chi connectivity index (χ1v) is 6.04. The van der Waals surface area contributed by atoms with Gasteiger partial charge in [0.25, 0.3) is 5.91 Å². The van der Waals surface area contributed by atoms with Gasteiger partial charge in [0.15, 0.2) is 0 Å². The first kappa shape index (κ1) is 11.9. The van der Waals surface area contributed by atoms with Crippen LogP contribution < -0.4 is 10.6 Å². The number of amides is 1. The second-order valence-electron chi connectivity index (χ2n) is 5.18. The summed E-state index contributed by atoms with van der Waals surface area (Å²) in [4.78, 5) is 15.7. The maximum absolute atomic E-state index is 11.6. The van der Waals surface area contributed by atoms with Gasteiger partial charge < -0.3 is 10.6 Å². The maximum atomic E-state index is 11.6. The molecular weight excluding hydrogens is 214 g/mol. The highest BCUT2D eigenvalue weighted by Crippen LogP contribution is 2.46. The Hall–Kier alpha value is -1.58. The van der Waals surface area contributed by atoms with E-state index in [4.69, 9.17) is 0 Å². The van der Waals surface area contributed by atoms with Gasteiger partial charge in [0.1, 0.15) is 5.69 Å². The van der Waals surface area contributed by atoms with Gasteiger partial charge in [-0.2, -0.15) is 0 Å². The zero-order chi connectivity index (χ0) is 12.5. The van der Waals surface area contributed by atoms with E-state index in [1.165, 1.54) is 6.42 Å². The van der Waals surface area contributed by atoms with Gasteiger partial charge in [-0.1, -0.05) is 13.8 Å². The predicted molar refractivity (Wildman–Crippen MR) is 68.1 cm³/mol. The summed E-state index contributed by atoms with van der Waals surface area (Å²) < 4.78 is 0. The average Bonchev–Trinajstić information content (AvgIpc) is 2.86. The number of carbonyl (C=O) groups excluding carboxylic acids is 1. The molecule has 1 aromatic rings. The van der Waals surface area contributed by atoms with Gasteiger partial charge in [0.05, 0.1) is 0 Å². The Balaban J connectivity index is 2.04. The Bertz CT molecular complexity index is 428. The molecule has 0 spiro atoms. The van der Waals surface area contributed by atoms with Gasteiger partial charge in [0, 0.05) is 24.5 Å². The zero-order valence-electron chi connectivity index (χ0n) is 10.6. The van der Waals surface area contributed by atoms with E-state index in [0.29, 0.717) is 23.7 Å². The molecule has 1 saturated carbocycles. The van der Waals surface area contributed by atoms with E-state index >= 15 is 0 Å². The van der Waals surface area contributed by atoms with Crippen LogP contribution in [0.1, 0.15) is 37.7 Å². The Morgan fingerprint density at radius 3 is 2.88 bits per heavy atom. The van der Waals surface area contributed by atoms with Crippen molar-refractivity contribution in [3.63, 3.8) is 0 Å². The maximum Gasteiger partial charge on any atom is 0.269 e. The Kier molecular flexibility index (Phi) is 3.05. The van der Waals surface area contributed by atoms with Crippen molar-refractivity contribution < 1.29 is 4.79 Å². The lowest BCUT2D eigenvalue weighted by Crippen LogP contribution is -2.23. The Morgan fingerprint density at radius 1 is 1.59 bits per heavy atom. The summed E-state index contributed by atoms with van der Waals surface area (Å²) in [6.45, 7) is 6.98. The van der Waals surface area contributed by atoms with E-state index in [1.807, 2.05) is 13.0 Å². The monoisotopic (exact) mass is 233 g/mol. The van der Waals surface area contributed by atoms with E-state index in [9.17, 15) is 4.79 Å². The summed E-state index contributed by atoms with van der Waals surface area (Å²) in [5.41, 5.74) is 1.81. The average molecular weight is 233 g/mol. The molecule has 0 bridgehead atoms. The summed E-state index contributed by atoms with van der Waals surface area (Å²) in [5.74, 6) is -0.119. The number of hydrogen-bond donors (Lipinski definition) is 2. The quantitative estimate of drug-likeness (QED) is 0.836. The Labute approximate surface area is 102 Å². The number of nitrogens with zero attached hydrogens (tertiary/aromatic N) is 1. The van der Waals surface area contributed by atoms with Crippen LogP contribution in [0.15, 0.2) is 18.3 Å². The third kappa shape index (κ3) is 2.75. The molecule has 0 radical (unpaired) electrons. The number of anilines is 1.